The fourth-order valence-corrected chi connectivity index (χ4v) is 1.28. The Balaban J connectivity index is 2.39. The largest absolute Gasteiger partial charge is 0.0833 e. The Kier molecular flexibility index (Phi) is 0.696. The molecular weight excluding hydrogens is 96.1 g/mol. The Morgan fingerprint density at radius 3 is 3.38 bits per heavy atom. The molecule has 0 radical (unpaired) electrons. The molecule has 0 aromatic heterocycles. The van der Waals surface area contributed by atoms with Gasteiger partial charge in [0.1, 0.15) is 0 Å². The van der Waals surface area contributed by atoms with Crippen molar-refractivity contribution in [3.05, 3.63) is 36.0 Å². The van der Waals surface area contributed by atoms with E-state index >= 15 is 0 Å². The van der Waals surface area contributed by atoms with E-state index in [0.717, 1.165) is 5.92 Å². The van der Waals surface area contributed by atoms with Crippen molar-refractivity contribution in [3.63, 3.8) is 0 Å². The van der Waals surface area contributed by atoms with Crippen LogP contribution in [0, 0.1) is 5.92 Å². The lowest BCUT2D eigenvalue weighted by molar-refractivity contribution is 0.846. The van der Waals surface area contributed by atoms with E-state index in [9.17, 15) is 0 Å². The minimum atomic E-state index is 0.745. The number of hydrogen-bond donors (Lipinski definition) is 0. The standard InChI is InChI=1S/C8H8/c1-3-7-5-2-6-8(7)4-1/h1-5,8H,6H2. The van der Waals surface area contributed by atoms with Crippen LogP contribution in [-0.2, 0) is 0 Å². The quantitative estimate of drug-likeness (QED) is 0.441. The molecule has 0 fully saturated rings. The highest BCUT2D eigenvalue weighted by Crippen LogP contribution is 2.29. The maximum absolute atomic E-state index is 2.26. The summed E-state index contributed by atoms with van der Waals surface area (Å²) in [4.78, 5) is 0. The van der Waals surface area contributed by atoms with Gasteiger partial charge in [0.25, 0.3) is 0 Å². The first-order valence-electron chi connectivity index (χ1n) is 3.02. The van der Waals surface area contributed by atoms with Crippen LogP contribution in [0.1, 0.15) is 6.42 Å². The SMILES string of the molecule is C1=CC2CC=CC2=C1. The van der Waals surface area contributed by atoms with Crippen LogP contribution in [0.4, 0.5) is 0 Å². The molecule has 0 saturated heterocycles. The zero-order chi connectivity index (χ0) is 5.40. The molecule has 0 spiro atoms. The van der Waals surface area contributed by atoms with E-state index < -0.39 is 0 Å². The first-order valence-corrected chi connectivity index (χ1v) is 3.02. The summed E-state index contributed by atoms with van der Waals surface area (Å²) in [5.41, 5.74) is 1.49. The van der Waals surface area contributed by atoms with Crippen molar-refractivity contribution >= 4 is 0 Å². The molecule has 0 aromatic carbocycles. The van der Waals surface area contributed by atoms with Gasteiger partial charge in [-0.25, -0.2) is 0 Å². The lowest BCUT2D eigenvalue weighted by Gasteiger charge is -1.96. The fraction of sp³-hybridized carbons (Fsp3) is 0.250. The average molecular weight is 104 g/mol. The third-order valence-electron chi connectivity index (χ3n) is 1.76. The molecule has 0 heterocycles. The second-order valence-corrected chi connectivity index (χ2v) is 2.30. The molecule has 1 atom stereocenters. The highest BCUT2D eigenvalue weighted by molar-refractivity contribution is 5.39. The summed E-state index contributed by atoms with van der Waals surface area (Å²) < 4.78 is 0. The molecule has 40 valence electrons. The van der Waals surface area contributed by atoms with E-state index in [1.54, 1.807) is 0 Å². The van der Waals surface area contributed by atoms with Crippen LogP contribution in [0.2, 0.25) is 0 Å². The van der Waals surface area contributed by atoms with Crippen molar-refractivity contribution in [2.75, 3.05) is 0 Å². The van der Waals surface area contributed by atoms with E-state index in [0.29, 0.717) is 0 Å². The summed E-state index contributed by atoms with van der Waals surface area (Å²) in [5.74, 6) is 0.745. The summed E-state index contributed by atoms with van der Waals surface area (Å²) in [7, 11) is 0. The van der Waals surface area contributed by atoms with Crippen LogP contribution in [0.15, 0.2) is 36.0 Å². The Hall–Kier alpha value is -0.780. The van der Waals surface area contributed by atoms with Crippen molar-refractivity contribution in [1.82, 2.24) is 0 Å². The van der Waals surface area contributed by atoms with Gasteiger partial charge in [-0.15, -0.1) is 0 Å². The maximum Gasteiger partial charge on any atom is 0.00555 e. The molecule has 2 aliphatic rings. The fourth-order valence-electron chi connectivity index (χ4n) is 1.28. The molecule has 0 bridgehead atoms. The molecule has 0 amide bonds. The minimum absolute atomic E-state index is 0.745. The van der Waals surface area contributed by atoms with E-state index in [-0.39, 0.29) is 0 Å². The Bertz CT molecular complexity index is 182. The highest BCUT2D eigenvalue weighted by Gasteiger charge is 2.14. The second-order valence-electron chi connectivity index (χ2n) is 2.30. The van der Waals surface area contributed by atoms with Gasteiger partial charge < -0.3 is 0 Å². The number of fused-ring (bicyclic) bond motifs is 1. The Morgan fingerprint density at radius 2 is 2.50 bits per heavy atom. The smallest absolute Gasteiger partial charge is 0.00555 e. The zero-order valence-electron chi connectivity index (χ0n) is 4.67. The molecule has 0 saturated carbocycles. The highest BCUT2D eigenvalue weighted by atomic mass is 14.2. The van der Waals surface area contributed by atoms with Crippen molar-refractivity contribution in [3.8, 4) is 0 Å². The summed E-state index contributed by atoms with van der Waals surface area (Å²) in [5, 5.41) is 0. The summed E-state index contributed by atoms with van der Waals surface area (Å²) in [6.07, 6.45) is 12.3. The molecule has 2 rings (SSSR count). The van der Waals surface area contributed by atoms with Crippen LogP contribution in [-0.4, -0.2) is 0 Å². The van der Waals surface area contributed by atoms with Gasteiger partial charge in [-0.3, -0.25) is 0 Å². The first-order chi connectivity index (χ1) is 3.97. The van der Waals surface area contributed by atoms with Crippen LogP contribution < -0.4 is 0 Å². The van der Waals surface area contributed by atoms with Crippen molar-refractivity contribution in [2.45, 2.75) is 6.42 Å². The van der Waals surface area contributed by atoms with Gasteiger partial charge in [-0.2, -0.15) is 0 Å². The maximum atomic E-state index is 2.26. The topological polar surface area (TPSA) is 0 Å². The van der Waals surface area contributed by atoms with Gasteiger partial charge in [0.15, 0.2) is 0 Å². The van der Waals surface area contributed by atoms with Crippen molar-refractivity contribution < 1.29 is 0 Å². The average Bonchev–Trinajstić information content (AvgIpc) is 2.15. The van der Waals surface area contributed by atoms with Gasteiger partial charge in [0, 0.05) is 5.92 Å². The normalized spacial score (nSPS) is 31.0. The predicted octanol–water partition coefficient (Wildman–Crippen LogP) is 2.06. The third kappa shape index (κ3) is 0.401. The molecular formula is C8H8. The molecule has 2 aliphatic carbocycles. The van der Waals surface area contributed by atoms with E-state index in [2.05, 4.69) is 30.4 Å². The number of allylic oxidation sites excluding steroid dienone is 6. The second kappa shape index (κ2) is 1.35. The Morgan fingerprint density at radius 1 is 1.50 bits per heavy atom. The molecule has 0 heteroatoms. The molecule has 1 unspecified atom stereocenters. The zero-order valence-corrected chi connectivity index (χ0v) is 4.67. The van der Waals surface area contributed by atoms with E-state index in [1.165, 1.54) is 12.0 Å². The van der Waals surface area contributed by atoms with Crippen LogP contribution in [0.5, 0.6) is 0 Å². The monoisotopic (exact) mass is 104 g/mol. The summed E-state index contributed by atoms with van der Waals surface area (Å²) in [6.45, 7) is 0. The van der Waals surface area contributed by atoms with Gasteiger partial charge in [0.05, 0.1) is 0 Å². The van der Waals surface area contributed by atoms with Crippen molar-refractivity contribution in [2.24, 2.45) is 5.92 Å². The van der Waals surface area contributed by atoms with Crippen LogP contribution >= 0.6 is 0 Å². The van der Waals surface area contributed by atoms with Gasteiger partial charge in [-0.1, -0.05) is 30.4 Å². The van der Waals surface area contributed by atoms with Crippen LogP contribution in [0.3, 0.4) is 0 Å². The molecule has 0 aliphatic heterocycles. The summed E-state index contributed by atoms with van der Waals surface area (Å²) >= 11 is 0. The van der Waals surface area contributed by atoms with E-state index in [1.807, 2.05) is 0 Å². The van der Waals surface area contributed by atoms with Gasteiger partial charge >= 0.3 is 0 Å². The molecule has 0 aromatic rings. The Labute approximate surface area is 49.2 Å². The van der Waals surface area contributed by atoms with Gasteiger partial charge in [-0.05, 0) is 12.0 Å². The minimum Gasteiger partial charge on any atom is -0.0833 e. The molecule has 0 nitrogen and oxygen atoms in total. The van der Waals surface area contributed by atoms with Crippen LogP contribution in [0.25, 0.3) is 0 Å². The van der Waals surface area contributed by atoms with Gasteiger partial charge in [0.2, 0.25) is 0 Å². The van der Waals surface area contributed by atoms with Crippen molar-refractivity contribution in [1.29, 1.82) is 0 Å². The lowest BCUT2D eigenvalue weighted by Crippen LogP contribution is -1.85. The predicted molar refractivity (Wildman–Crippen MR) is 34.5 cm³/mol. The molecule has 8 heavy (non-hydrogen) atoms. The van der Waals surface area contributed by atoms with E-state index in [4.69, 9.17) is 0 Å². The molecule has 0 N–H and O–H groups in total. The third-order valence-corrected chi connectivity index (χ3v) is 1.76. The number of hydrogen-bond acceptors (Lipinski definition) is 0. The lowest BCUT2D eigenvalue weighted by atomic mass is 10.1. The summed E-state index contributed by atoms with van der Waals surface area (Å²) in [6, 6.07) is 0. The first kappa shape index (κ1) is 4.13. The number of rotatable bonds is 0.